The Morgan fingerprint density at radius 1 is 1.25 bits per heavy atom. The van der Waals surface area contributed by atoms with Gasteiger partial charge in [-0.3, -0.25) is 0 Å². The van der Waals surface area contributed by atoms with Crippen LogP contribution in [0.25, 0.3) is 5.57 Å². The minimum absolute atomic E-state index is 0.771. The number of allylic oxidation sites excluding steroid dienone is 1. The fourth-order valence-corrected chi connectivity index (χ4v) is 3.61. The highest BCUT2D eigenvalue weighted by Gasteiger charge is 2.34. The van der Waals surface area contributed by atoms with E-state index in [9.17, 15) is 0 Å². The average molecular weight is 289 g/mol. The minimum Gasteiger partial charge on any atom is -0.493 e. The summed E-state index contributed by atoms with van der Waals surface area (Å²) in [4.78, 5) is 2.45. The van der Waals surface area contributed by atoms with Gasteiger partial charge >= 0.3 is 0 Å². The number of hydrogen-bond donors (Lipinski definition) is 0. The van der Waals surface area contributed by atoms with Crippen LogP contribution in [-0.2, 0) is 0 Å². The molecule has 0 radical (unpaired) electrons. The molecule has 108 valence electrons. The zero-order chi connectivity index (χ0) is 13.9. The average Bonchev–Trinajstić information content (AvgIpc) is 2.97. The van der Waals surface area contributed by atoms with Crippen molar-refractivity contribution in [2.45, 2.75) is 6.42 Å². The number of benzene rings is 1. The van der Waals surface area contributed by atoms with Gasteiger partial charge < -0.3 is 9.64 Å². The van der Waals surface area contributed by atoms with Crippen LogP contribution in [0.2, 0.25) is 0 Å². The van der Waals surface area contributed by atoms with Crippen LogP contribution >= 0.6 is 11.8 Å². The van der Waals surface area contributed by atoms with Crippen LogP contribution in [0.3, 0.4) is 0 Å². The van der Waals surface area contributed by atoms with Gasteiger partial charge in [-0.05, 0) is 54.8 Å². The molecular formula is C17H23NOS. The largest absolute Gasteiger partial charge is 0.493 e. The van der Waals surface area contributed by atoms with E-state index in [1.807, 2.05) is 11.8 Å². The summed E-state index contributed by atoms with van der Waals surface area (Å²) in [6.07, 6.45) is 5.84. The second-order valence-corrected chi connectivity index (χ2v) is 6.89. The molecule has 2 unspecified atom stereocenters. The zero-order valence-corrected chi connectivity index (χ0v) is 13.2. The van der Waals surface area contributed by atoms with E-state index in [2.05, 4.69) is 48.5 Å². The van der Waals surface area contributed by atoms with E-state index in [1.165, 1.54) is 30.6 Å². The van der Waals surface area contributed by atoms with Gasteiger partial charge in [0.15, 0.2) is 0 Å². The third-order valence-corrected chi connectivity index (χ3v) is 4.93. The third kappa shape index (κ3) is 3.04. The van der Waals surface area contributed by atoms with Crippen LogP contribution in [-0.4, -0.2) is 43.7 Å². The van der Waals surface area contributed by atoms with Crippen molar-refractivity contribution in [3.05, 3.63) is 35.9 Å². The first-order chi connectivity index (χ1) is 9.76. The third-order valence-electron chi connectivity index (χ3n) is 4.35. The molecule has 1 aromatic carbocycles. The highest BCUT2D eigenvalue weighted by atomic mass is 32.2. The first kappa shape index (κ1) is 14.0. The van der Waals surface area contributed by atoms with Gasteiger partial charge in [0, 0.05) is 18.8 Å². The molecule has 20 heavy (non-hydrogen) atoms. The monoisotopic (exact) mass is 289 g/mol. The predicted molar refractivity (Wildman–Crippen MR) is 87.4 cm³/mol. The SMILES string of the molecule is CSCCOc1ccc(C2=CC3CN(C)CC3C2)cc1. The van der Waals surface area contributed by atoms with Gasteiger partial charge in [-0.2, -0.15) is 11.8 Å². The number of ether oxygens (including phenoxy) is 1. The lowest BCUT2D eigenvalue weighted by molar-refractivity contribution is 0.344. The van der Waals surface area contributed by atoms with E-state index in [0.717, 1.165) is 29.9 Å². The molecule has 1 fully saturated rings. The number of likely N-dealkylation sites (tertiary alicyclic amines) is 1. The molecule has 0 bridgehead atoms. The van der Waals surface area contributed by atoms with Gasteiger partial charge in [-0.25, -0.2) is 0 Å². The van der Waals surface area contributed by atoms with Crippen molar-refractivity contribution in [1.82, 2.24) is 4.90 Å². The van der Waals surface area contributed by atoms with E-state index in [0.29, 0.717) is 0 Å². The Morgan fingerprint density at radius 2 is 2.05 bits per heavy atom. The summed E-state index contributed by atoms with van der Waals surface area (Å²) >= 11 is 1.82. The van der Waals surface area contributed by atoms with Gasteiger partial charge in [0.05, 0.1) is 6.61 Å². The van der Waals surface area contributed by atoms with Crippen LogP contribution < -0.4 is 4.74 Å². The molecule has 2 aliphatic rings. The van der Waals surface area contributed by atoms with E-state index < -0.39 is 0 Å². The molecule has 0 saturated carbocycles. The number of fused-ring (bicyclic) bond motifs is 1. The van der Waals surface area contributed by atoms with Gasteiger partial charge in [-0.1, -0.05) is 18.2 Å². The molecule has 3 rings (SSSR count). The quantitative estimate of drug-likeness (QED) is 0.771. The van der Waals surface area contributed by atoms with E-state index in [1.54, 1.807) is 0 Å². The summed E-state index contributed by atoms with van der Waals surface area (Å²) in [5.41, 5.74) is 2.91. The number of nitrogens with zero attached hydrogens (tertiary/aromatic N) is 1. The Balaban J connectivity index is 1.62. The molecule has 1 aliphatic heterocycles. The molecule has 2 atom stereocenters. The molecule has 0 spiro atoms. The van der Waals surface area contributed by atoms with Gasteiger partial charge in [-0.15, -0.1) is 0 Å². The van der Waals surface area contributed by atoms with Crippen LogP contribution in [0.4, 0.5) is 0 Å². The summed E-state index contributed by atoms with van der Waals surface area (Å²) in [6, 6.07) is 8.64. The van der Waals surface area contributed by atoms with Gasteiger partial charge in [0.25, 0.3) is 0 Å². The molecule has 1 saturated heterocycles. The van der Waals surface area contributed by atoms with Crippen molar-refractivity contribution in [3.8, 4) is 5.75 Å². The molecule has 0 amide bonds. The van der Waals surface area contributed by atoms with Crippen molar-refractivity contribution in [2.75, 3.05) is 38.8 Å². The Hall–Kier alpha value is -0.930. The summed E-state index contributed by atoms with van der Waals surface area (Å²) in [7, 11) is 2.23. The highest BCUT2D eigenvalue weighted by Crippen LogP contribution is 2.40. The molecule has 1 aromatic rings. The maximum absolute atomic E-state index is 5.71. The highest BCUT2D eigenvalue weighted by molar-refractivity contribution is 7.98. The van der Waals surface area contributed by atoms with Crippen molar-refractivity contribution in [3.63, 3.8) is 0 Å². The topological polar surface area (TPSA) is 12.5 Å². The van der Waals surface area contributed by atoms with E-state index in [-0.39, 0.29) is 0 Å². The summed E-state index contributed by atoms with van der Waals surface area (Å²) < 4.78 is 5.71. The molecular weight excluding hydrogens is 266 g/mol. The number of hydrogen-bond acceptors (Lipinski definition) is 3. The Kier molecular flexibility index (Phi) is 4.37. The maximum atomic E-state index is 5.71. The second-order valence-electron chi connectivity index (χ2n) is 5.91. The fourth-order valence-electron chi connectivity index (χ4n) is 3.36. The Morgan fingerprint density at radius 3 is 2.75 bits per heavy atom. The summed E-state index contributed by atoms with van der Waals surface area (Å²) in [6.45, 7) is 3.27. The summed E-state index contributed by atoms with van der Waals surface area (Å²) in [5, 5.41) is 0. The molecule has 2 nitrogen and oxygen atoms in total. The predicted octanol–water partition coefficient (Wildman–Crippen LogP) is 3.39. The second kappa shape index (κ2) is 6.23. The van der Waals surface area contributed by atoms with Crippen LogP contribution in [0.1, 0.15) is 12.0 Å². The van der Waals surface area contributed by atoms with Crippen LogP contribution in [0, 0.1) is 11.8 Å². The lowest BCUT2D eigenvalue weighted by Crippen LogP contribution is -2.14. The van der Waals surface area contributed by atoms with E-state index >= 15 is 0 Å². The van der Waals surface area contributed by atoms with E-state index in [4.69, 9.17) is 4.74 Å². The van der Waals surface area contributed by atoms with Crippen molar-refractivity contribution in [2.24, 2.45) is 11.8 Å². The van der Waals surface area contributed by atoms with Crippen LogP contribution in [0.5, 0.6) is 5.75 Å². The first-order valence-electron chi connectivity index (χ1n) is 7.37. The Labute approximate surface area is 126 Å². The van der Waals surface area contributed by atoms with Crippen molar-refractivity contribution >= 4 is 17.3 Å². The lowest BCUT2D eigenvalue weighted by atomic mass is 9.98. The molecule has 1 aliphatic carbocycles. The number of rotatable bonds is 5. The Bertz CT molecular complexity index is 482. The van der Waals surface area contributed by atoms with Crippen molar-refractivity contribution in [1.29, 1.82) is 0 Å². The molecule has 0 aromatic heterocycles. The smallest absolute Gasteiger partial charge is 0.119 e. The lowest BCUT2D eigenvalue weighted by Gasteiger charge is -2.11. The maximum Gasteiger partial charge on any atom is 0.119 e. The molecule has 0 N–H and O–H groups in total. The number of thioether (sulfide) groups is 1. The minimum atomic E-state index is 0.771. The normalized spacial score (nSPS) is 25.6. The van der Waals surface area contributed by atoms with Crippen molar-refractivity contribution < 1.29 is 4.74 Å². The standard InChI is InChI=1S/C17H23NOS/c1-18-11-15-9-14(10-16(15)12-18)13-3-5-17(6-4-13)19-7-8-20-2/h3-6,9,15-16H,7-8,10-12H2,1-2H3. The first-order valence-corrected chi connectivity index (χ1v) is 8.77. The fraction of sp³-hybridized carbons (Fsp3) is 0.529. The summed E-state index contributed by atoms with van der Waals surface area (Å²) in [5.74, 6) is 3.64. The molecule has 1 heterocycles. The molecule has 3 heteroatoms. The van der Waals surface area contributed by atoms with Gasteiger partial charge in [0.2, 0.25) is 0 Å². The van der Waals surface area contributed by atoms with Crippen LogP contribution in [0.15, 0.2) is 30.3 Å². The van der Waals surface area contributed by atoms with Gasteiger partial charge in [0.1, 0.15) is 5.75 Å². The zero-order valence-electron chi connectivity index (χ0n) is 12.3.